The van der Waals surface area contributed by atoms with Crippen LogP contribution in [-0.4, -0.2) is 18.6 Å². The first kappa shape index (κ1) is 14.0. The third-order valence-corrected chi connectivity index (χ3v) is 4.39. The molecule has 0 saturated carbocycles. The fourth-order valence-corrected chi connectivity index (χ4v) is 3.07. The number of rotatable bonds is 4. The zero-order chi connectivity index (χ0) is 14.8. The summed E-state index contributed by atoms with van der Waals surface area (Å²) in [5.74, 6) is 0. The summed E-state index contributed by atoms with van der Waals surface area (Å²) in [6.07, 6.45) is 3.14. The normalized spacial score (nSPS) is 12.8. The molecule has 7 nitrogen and oxygen atoms in total. The molecule has 0 amide bonds. The summed E-state index contributed by atoms with van der Waals surface area (Å²) in [6.45, 7) is 1.70. The summed E-state index contributed by atoms with van der Waals surface area (Å²) in [5.41, 5.74) is 6.75. The number of nitrogen functional groups attached to an aromatic ring is 1. The molecule has 1 atom stereocenters. The fourth-order valence-electron chi connectivity index (χ4n) is 1.72. The van der Waals surface area contributed by atoms with Crippen LogP contribution in [0.25, 0.3) is 0 Å². The Kier molecular flexibility index (Phi) is 3.74. The minimum absolute atomic E-state index is 0.0379. The monoisotopic (exact) mass is 291 g/mol. The van der Waals surface area contributed by atoms with Gasteiger partial charge in [-0.1, -0.05) is 0 Å². The summed E-state index contributed by atoms with van der Waals surface area (Å²) >= 11 is 0. The summed E-state index contributed by atoms with van der Waals surface area (Å²) in [7, 11) is -3.77. The van der Waals surface area contributed by atoms with Gasteiger partial charge in [0, 0.05) is 17.8 Å². The molecule has 0 spiro atoms. The van der Waals surface area contributed by atoms with Crippen LogP contribution >= 0.6 is 0 Å². The Balaban J connectivity index is 2.29. The molecule has 0 radical (unpaired) electrons. The van der Waals surface area contributed by atoms with Gasteiger partial charge in [-0.05, 0) is 25.1 Å². The lowest BCUT2D eigenvalue weighted by molar-refractivity contribution is 0.567. The molecule has 0 fully saturated rings. The second-order valence-corrected chi connectivity index (χ2v) is 5.92. The number of nitrogens with two attached hydrogens (primary N) is 1. The van der Waals surface area contributed by atoms with Crippen LogP contribution in [0.2, 0.25) is 0 Å². The highest BCUT2D eigenvalue weighted by Crippen LogP contribution is 2.22. The Morgan fingerprint density at radius 3 is 2.80 bits per heavy atom. The maximum Gasteiger partial charge on any atom is 0.243 e. The number of nitriles is 1. The van der Waals surface area contributed by atoms with E-state index < -0.39 is 16.1 Å². The van der Waals surface area contributed by atoms with E-state index in [0.717, 1.165) is 0 Å². The molecule has 1 aromatic heterocycles. The second kappa shape index (κ2) is 5.32. The van der Waals surface area contributed by atoms with Gasteiger partial charge in [0.2, 0.25) is 10.0 Å². The number of aromatic nitrogens is 2. The molecule has 2 aromatic rings. The molecule has 1 aromatic carbocycles. The van der Waals surface area contributed by atoms with Crippen molar-refractivity contribution >= 4 is 15.7 Å². The summed E-state index contributed by atoms with van der Waals surface area (Å²) < 4.78 is 27.0. The lowest BCUT2D eigenvalue weighted by Crippen LogP contribution is -2.27. The zero-order valence-electron chi connectivity index (χ0n) is 10.7. The van der Waals surface area contributed by atoms with Crippen LogP contribution in [0.15, 0.2) is 35.5 Å². The van der Waals surface area contributed by atoms with Gasteiger partial charge in [-0.15, -0.1) is 0 Å². The van der Waals surface area contributed by atoms with Crippen molar-refractivity contribution in [1.82, 2.24) is 14.9 Å². The Labute approximate surface area is 116 Å². The largest absolute Gasteiger partial charge is 0.398 e. The molecule has 20 heavy (non-hydrogen) atoms. The van der Waals surface area contributed by atoms with Crippen molar-refractivity contribution in [3.05, 3.63) is 41.7 Å². The Morgan fingerprint density at radius 1 is 1.50 bits per heavy atom. The van der Waals surface area contributed by atoms with E-state index in [1.807, 2.05) is 6.07 Å². The standard InChI is InChI=1S/C12H13N5O2S/c1-8(10-6-15-16-7-10)17-20(18,19)12-3-2-9(5-13)4-11(12)14/h2-4,6-8,17H,14H2,1H3,(H,15,16). The van der Waals surface area contributed by atoms with Gasteiger partial charge >= 0.3 is 0 Å². The molecule has 0 aliphatic heterocycles. The molecular formula is C12H13N5O2S. The quantitative estimate of drug-likeness (QED) is 0.722. The summed E-state index contributed by atoms with van der Waals surface area (Å²) in [6, 6.07) is 5.51. The molecule has 2 rings (SSSR count). The minimum atomic E-state index is -3.77. The maximum atomic E-state index is 12.3. The third-order valence-electron chi connectivity index (χ3n) is 2.78. The SMILES string of the molecule is CC(NS(=O)(=O)c1ccc(C#N)cc1N)c1cn[nH]c1. The molecule has 1 heterocycles. The van der Waals surface area contributed by atoms with Crippen molar-refractivity contribution in [2.45, 2.75) is 17.9 Å². The average Bonchev–Trinajstić information content (AvgIpc) is 2.91. The van der Waals surface area contributed by atoms with E-state index in [2.05, 4.69) is 14.9 Å². The van der Waals surface area contributed by atoms with Crippen LogP contribution in [0, 0.1) is 11.3 Å². The van der Waals surface area contributed by atoms with Crippen molar-refractivity contribution < 1.29 is 8.42 Å². The molecule has 0 saturated heterocycles. The fraction of sp³-hybridized carbons (Fsp3) is 0.167. The number of nitrogens with one attached hydrogen (secondary N) is 2. The summed E-state index contributed by atoms with van der Waals surface area (Å²) in [4.78, 5) is -0.0492. The smallest absolute Gasteiger partial charge is 0.243 e. The molecule has 4 N–H and O–H groups in total. The first-order valence-corrected chi connectivity index (χ1v) is 7.23. The third kappa shape index (κ3) is 2.79. The highest BCUT2D eigenvalue weighted by Gasteiger charge is 2.21. The number of hydrogen-bond acceptors (Lipinski definition) is 5. The van der Waals surface area contributed by atoms with Gasteiger partial charge in [-0.3, -0.25) is 5.10 Å². The van der Waals surface area contributed by atoms with Gasteiger partial charge in [-0.25, -0.2) is 13.1 Å². The van der Waals surface area contributed by atoms with Gasteiger partial charge in [0.05, 0.1) is 23.5 Å². The number of anilines is 1. The zero-order valence-corrected chi connectivity index (χ0v) is 11.5. The number of sulfonamides is 1. The molecule has 8 heteroatoms. The van der Waals surface area contributed by atoms with Crippen molar-refractivity contribution in [2.75, 3.05) is 5.73 Å². The van der Waals surface area contributed by atoms with Crippen molar-refractivity contribution in [3.63, 3.8) is 0 Å². The van der Waals surface area contributed by atoms with E-state index in [4.69, 9.17) is 11.0 Å². The van der Waals surface area contributed by atoms with Gasteiger partial charge in [0.25, 0.3) is 0 Å². The Hall–Kier alpha value is -2.37. The predicted molar refractivity (Wildman–Crippen MR) is 72.9 cm³/mol. The average molecular weight is 291 g/mol. The van der Waals surface area contributed by atoms with Crippen LogP contribution in [0.4, 0.5) is 5.69 Å². The summed E-state index contributed by atoms with van der Waals surface area (Å²) in [5, 5.41) is 15.1. The number of hydrogen-bond donors (Lipinski definition) is 3. The van der Waals surface area contributed by atoms with E-state index in [0.29, 0.717) is 11.1 Å². The maximum absolute atomic E-state index is 12.3. The Bertz CT molecular complexity index is 747. The van der Waals surface area contributed by atoms with E-state index in [-0.39, 0.29) is 10.6 Å². The van der Waals surface area contributed by atoms with Crippen LogP contribution in [0.1, 0.15) is 24.1 Å². The second-order valence-electron chi connectivity index (χ2n) is 4.24. The highest BCUT2D eigenvalue weighted by molar-refractivity contribution is 7.89. The predicted octanol–water partition coefficient (Wildman–Crippen LogP) is 0.903. The van der Waals surface area contributed by atoms with Crippen LogP contribution in [0.3, 0.4) is 0 Å². The molecule has 0 aliphatic carbocycles. The molecule has 104 valence electrons. The molecule has 1 unspecified atom stereocenters. The first-order chi connectivity index (χ1) is 9.44. The van der Waals surface area contributed by atoms with E-state index in [9.17, 15) is 8.42 Å². The Morgan fingerprint density at radius 2 is 2.25 bits per heavy atom. The van der Waals surface area contributed by atoms with Crippen molar-refractivity contribution in [3.8, 4) is 6.07 Å². The van der Waals surface area contributed by atoms with Crippen LogP contribution < -0.4 is 10.5 Å². The lowest BCUT2D eigenvalue weighted by atomic mass is 10.2. The minimum Gasteiger partial charge on any atom is -0.398 e. The topological polar surface area (TPSA) is 125 Å². The van der Waals surface area contributed by atoms with Crippen LogP contribution in [-0.2, 0) is 10.0 Å². The molecular weight excluding hydrogens is 278 g/mol. The van der Waals surface area contributed by atoms with Crippen molar-refractivity contribution in [2.24, 2.45) is 0 Å². The van der Waals surface area contributed by atoms with Gasteiger partial charge in [0.15, 0.2) is 0 Å². The lowest BCUT2D eigenvalue weighted by Gasteiger charge is -2.14. The number of aromatic amines is 1. The van der Waals surface area contributed by atoms with E-state index in [1.54, 1.807) is 13.1 Å². The number of H-pyrrole nitrogens is 1. The van der Waals surface area contributed by atoms with E-state index in [1.165, 1.54) is 24.4 Å². The van der Waals surface area contributed by atoms with Crippen LogP contribution in [0.5, 0.6) is 0 Å². The van der Waals surface area contributed by atoms with Gasteiger partial charge < -0.3 is 5.73 Å². The van der Waals surface area contributed by atoms with Gasteiger partial charge in [-0.2, -0.15) is 10.4 Å². The number of benzene rings is 1. The number of nitrogens with zero attached hydrogens (tertiary/aromatic N) is 2. The first-order valence-electron chi connectivity index (χ1n) is 5.74. The van der Waals surface area contributed by atoms with Crippen molar-refractivity contribution in [1.29, 1.82) is 5.26 Å². The van der Waals surface area contributed by atoms with E-state index >= 15 is 0 Å². The highest BCUT2D eigenvalue weighted by atomic mass is 32.2. The molecule has 0 bridgehead atoms. The van der Waals surface area contributed by atoms with Gasteiger partial charge in [0.1, 0.15) is 4.90 Å². The molecule has 0 aliphatic rings.